The van der Waals surface area contributed by atoms with E-state index in [4.69, 9.17) is 0 Å². The summed E-state index contributed by atoms with van der Waals surface area (Å²) in [6.07, 6.45) is 3.94. The molecule has 0 bridgehead atoms. The van der Waals surface area contributed by atoms with Gasteiger partial charge in [-0.25, -0.2) is 4.98 Å². The number of nitrogens with zero attached hydrogens (tertiary/aromatic N) is 3. The molecule has 0 amide bonds. The van der Waals surface area contributed by atoms with Gasteiger partial charge in [-0.05, 0) is 31.0 Å². The third-order valence-corrected chi connectivity index (χ3v) is 4.14. The van der Waals surface area contributed by atoms with Crippen molar-refractivity contribution in [1.82, 2.24) is 9.55 Å². The molecule has 3 heteroatoms. The molecule has 3 rings (SSSR count). The van der Waals surface area contributed by atoms with Crippen LogP contribution in [0.25, 0.3) is 0 Å². The van der Waals surface area contributed by atoms with Crippen molar-refractivity contribution >= 4 is 5.69 Å². The fraction of sp³-hybridized carbons (Fsp3) is 0.250. The molecule has 23 heavy (non-hydrogen) atoms. The van der Waals surface area contributed by atoms with E-state index in [0.717, 1.165) is 18.9 Å². The van der Waals surface area contributed by atoms with Crippen molar-refractivity contribution in [3.63, 3.8) is 0 Å². The molecule has 3 nitrogen and oxygen atoms in total. The van der Waals surface area contributed by atoms with E-state index in [9.17, 15) is 0 Å². The van der Waals surface area contributed by atoms with Gasteiger partial charge in [0, 0.05) is 31.7 Å². The first kappa shape index (κ1) is 15.3. The van der Waals surface area contributed by atoms with Gasteiger partial charge in [0.25, 0.3) is 0 Å². The Morgan fingerprint density at radius 1 is 1.04 bits per heavy atom. The monoisotopic (exact) mass is 305 g/mol. The summed E-state index contributed by atoms with van der Waals surface area (Å²) in [5, 5.41) is 0. The first-order valence-electron chi connectivity index (χ1n) is 7.96. The second-order valence-corrected chi connectivity index (χ2v) is 6.10. The summed E-state index contributed by atoms with van der Waals surface area (Å²) >= 11 is 0. The highest BCUT2D eigenvalue weighted by molar-refractivity contribution is 5.53. The minimum absolute atomic E-state index is 0.795. The van der Waals surface area contributed by atoms with Crippen LogP contribution in [0.1, 0.15) is 22.5 Å². The highest BCUT2D eigenvalue weighted by Crippen LogP contribution is 2.21. The zero-order valence-corrected chi connectivity index (χ0v) is 14.0. The average Bonchev–Trinajstić information content (AvgIpc) is 2.95. The molecule has 0 aliphatic carbocycles. The number of hydrogen-bond acceptors (Lipinski definition) is 2. The SMILES string of the molecule is Cc1ccc(N(C)Cc2nccn2Cc2ccccc2)c(C)c1. The standard InChI is InChI=1S/C20H23N3/c1-16-9-10-19(17(2)13-16)22(3)15-20-21-11-12-23(20)14-18-7-5-4-6-8-18/h4-13H,14-15H2,1-3H3. The first-order chi connectivity index (χ1) is 11.1. The van der Waals surface area contributed by atoms with E-state index in [1.807, 2.05) is 12.3 Å². The van der Waals surface area contributed by atoms with Crippen molar-refractivity contribution in [1.29, 1.82) is 0 Å². The molecule has 1 aromatic heterocycles. The van der Waals surface area contributed by atoms with Crippen LogP contribution in [-0.2, 0) is 13.1 Å². The molecule has 0 fully saturated rings. The minimum Gasteiger partial charge on any atom is -0.367 e. The zero-order valence-electron chi connectivity index (χ0n) is 14.0. The molecule has 0 unspecified atom stereocenters. The number of aromatic nitrogens is 2. The topological polar surface area (TPSA) is 21.1 Å². The molecular weight excluding hydrogens is 282 g/mol. The van der Waals surface area contributed by atoms with Crippen molar-refractivity contribution < 1.29 is 0 Å². The van der Waals surface area contributed by atoms with E-state index in [1.54, 1.807) is 0 Å². The van der Waals surface area contributed by atoms with E-state index in [2.05, 4.69) is 84.0 Å². The van der Waals surface area contributed by atoms with Gasteiger partial charge in [0.1, 0.15) is 5.82 Å². The van der Waals surface area contributed by atoms with Gasteiger partial charge in [-0.2, -0.15) is 0 Å². The molecule has 0 saturated heterocycles. The quantitative estimate of drug-likeness (QED) is 0.705. The average molecular weight is 305 g/mol. The van der Waals surface area contributed by atoms with Gasteiger partial charge >= 0.3 is 0 Å². The molecule has 0 aliphatic heterocycles. The number of imidazole rings is 1. The third kappa shape index (κ3) is 3.62. The maximum absolute atomic E-state index is 4.55. The van der Waals surface area contributed by atoms with Crippen molar-refractivity contribution in [3.05, 3.63) is 83.4 Å². The second-order valence-electron chi connectivity index (χ2n) is 6.10. The van der Waals surface area contributed by atoms with Crippen molar-refractivity contribution in [3.8, 4) is 0 Å². The van der Waals surface area contributed by atoms with Crippen LogP contribution in [0.15, 0.2) is 60.9 Å². The van der Waals surface area contributed by atoms with Gasteiger partial charge in [0.05, 0.1) is 6.54 Å². The van der Waals surface area contributed by atoms with Crippen LogP contribution in [0.4, 0.5) is 5.69 Å². The zero-order chi connectivity index (χ0) is 16.2. The van der Waals surface area contributed by atoms with Crippen LogP contribution >= 0.6 is 0 Å². The van der Waals surface area contributed by atoms with Gasteiger partial charge < -0.3 is 9.47 Å². The fourth-order valence-corrected chi connectivity index (χ4v) is 2.95. The Morgan fingerprint density at radius 3 is 2.57 bits per heavy atom. The van der Waals surface area contributed by atoms with Crippen molar-refractivity contribution in [2.24, 2.45) is 0 Å². The summed E-state index contributed by atoms with van der Waals surface area (Å²) in [7, 11) is 2.12. The normalized spacial score (nSPS) is 10.7. The predicted molar refractivity (Wildman–Crippen MR) is 95.8 cm³/mol. The van der Waals surface area contributed by atoms with Gasteiger partial charge in [-0.15, -0.1) is 0 Å². The molecule has 0 atom stereocenters. The Hall–Kier alpha value is -2.55. The summed E-state index contributed by atoms with van der Waals surface area (Å²) in [6, 6.07) is 17.1. The maximum Gasteiger partial charge on any atom is 0.128 e. The Labute approximate surface area is 138 Å². The number of hydrogen-bond donors (Lipinski definition) is 0. The van der Waals surface area contributed by atoms with E-state index in [1.165, 1.54) is 22.4 Å². The molecule has 3 aromatic rings. The van der Waals surface area contributed by atoms with Gasteiger partial charge in [-0.3, -0.25) is 0 Å². The Bertz CT molecular complexity index is 775. The van der Waals surface area contributed by atoms with Crippen LogP contribution < -0.4 is 4.90 Å². The summed E-state index contributed by atoms with van der Waals surface area (Å²) in [6.45, 7) is 5.94. The second kappa shape index (κ2) is 6.69. The molecule has 2 aromatic carbocycles. The summed E-state index contributed by atoms with van der Waals surface area (Å²) in [5.74, 6) is 1.08. The van der Waals surface area contributed by atoms with Crippen LogP contribution in [0.2, 0.25) is 0 Å². The first-order valence-corrected chi connectivity index (χ1v) is 7.96. The minimum atomic E-state index is 0.795. The Morgan fingerprint density at radius 2 is 1.83 bits per heavy atom. The van der Waals surface area contributed by atoms with Crippen LogP contribution in [-0.4, -0.2) is 16.6 Å². The summed E-state index contributed by atoms with van der Waals surface area (Å²) in [5.41, 5.74) is 5.14. The number of benzene rings is 2. The van der Waals surface area contributed by atoms with Gasteiger partial charge in [0.15, 0.2) is 0 Å². The molecule has 0 N–H and O–H groups in total. The van der Waals surface area contributed by atoms with Crippen LogP contribution in [0.3, 0.4) is 0 Å². The van der Waals surface area contributed by atoms with E-state index >= 15 is 0 Å². The highest BCUT2D eigenvalue weighted by atomic mass is 15.2. The smallest absolute Gasteiger partial charge is 0.128 e. The lowest BCUT2D eigenvalue weighted by molar-refractivity contribution is 0.706. The van der Waals surface area contributed by atoms with Crippen LogP contribution in [0.5, 0.6) is 0 Å². The van der Waals surface area contributed by atoms with Crippen molar-refractivity contribution in [2.75, 3.05) is 11.9 Å². The summed E-state index contributed by atoms with van der Waals surface area (Å²) in [4.78, 5) is 6.81. The number of rotatable bonds is 5. The predicted octanol–water partition coefficient (Wildman–Crippen LogP) is 4.18. The van der Waals surface area contributed by atoms with Crippen LogP contribution in [0, 0.1) is 13.8 Å². The van der Waals surface area contributed by atoms with Gasteiger partial charge in [0.2, 0.25) is 0 Å². The Balaban J connectivity index is 1.77. The molecule has 0 saturated carbocycles. The lowest BCUT2D eigenvalue weighted by atomic mass is 10.1. The van der Waals surface area contributed by atoms with Crippen molar-refractivity contribution in [2.45, 2.75) is 26.9 Å². The molecular formula is C20H23N3. The molecule has 0 aliphatic rings. The third-order valence-electron chi connectivity index (χ3n) is 4.14. The lowest BCUT2D eigenvalue weighted by Gasteiger charge is -2.22. The number of anilines is 1. The molecule has 0 radical (unpaired) electrons. The van der Waals surface area contributed by atoms with E-state index in [-0.39, 0.29) is 0 Å². The van der Waals surface area contributed by atoms with E-state index in [0.29, 0.717) is 0 Å². The fourth-order valence-electron chi connectivity index (χ4n) is 2.95. The van der Waals surface area contributed by atoms with Gasteiger partial charge in [-0.1, -0.05) is 48.0 Å². The molecule has 0 spiro atoms. The maximum atomic E-state index is 4.55. The number of aryl methyl sites for hydroxylation is 2. The summed E-state index contributed by atoms with van der Waals surface area (Å²) < 4.78 is 2.22. The highest BCUT2D eigenvalue weighted by Gasteiger charge is 2.10. The van der Waals surface area contributed by atoms with E-state index < -0.39 is 0 Å². The molecule has 1 heterocycles. The largest absolute Gasteiger partial charge is 0.367 e. The molecule has 118 valence electrons. The lowest BCUT2D eigenvalue weighted by Crippen LogP contribution is -2.20. The Kier molecular flexibility index (Phi) is 4.47.